The predicted molar refractivity (Wildman–Crippen MR) is 52.2 cm³/mol. The Bertz CT molecular complexity index is 156. The van der Waals surface area contributed by atoms with E-state index >= 15 is 0 Å². The Morgan fingerprint density at radius 3 is 1.58 bits per heavy atom. The van der Waals surface area contributed by atoms with Gasteiger partial charge in [-0.25, -0.2) is 0 Å². The van der Waals surface area contributed by atoms with Gasteiger partial charge in [-0.1, -0.05) is 20.8 Å². The van der Waals surface area contributed by atoms with Crippen molar-refractivity contribution in [2.24, 2.45) is 10.8 Å². The summed E-state index contributed by atoms with van der Waals surface area (Å²) in [5, 5.41) is 0. The highest BCUT2D eigenvalue weighted by molar-refractivity contribution is 4.98. The zero-order valence-electron chi connectivity index (χ0n) is 8.69. The normalized spacial score (nSPS) is 41.8. The minimum absolute atomic E-state index is 0.527. The summed E-state index contributed by atoms with van der Waals surface area (Å²) in [6, 6.07) is 0. The second-order valence-corrected chi connectivity index (χ2v) is 5.62. The highest BCUT2D eigenvalue weighted by atomic mass is 15.1. The van der Waals surface area contributed by atoms with Crippen LogP contribution in [0.4, 0.5) is 0 Å². The second-order valence-electron chi connectivity index (χ2n) is 5.62. The number of rotatable bonds is 0. The fraction of sp³-hybridized carbons (Fsp3) is 1.00. The molecule has 0 radical (unpaired) electrons. The first-order valence-electron chi connectivity index (χ1n) is 5.26. The van der Waals surface area contributed by atoms with Crippen molar-refractivity contribution in [3.8, 4) is 0 Å². The molecule has 0 unspecified atom stereocenters. The molecule has 2 bridgehead atoms. The van der Waals surface area contributed by atoms with Crippen LogP contribution < -0.4 is 0 Å². The molecule has 3 aliphatic rings. The minimum atomic E-state index is 0.527. The monoisotopic (exact) mass is 167 g/mol. The maximum absolute atomic E-state index is 2.62. The van der Waals surface area contributed by atoms with Gasteiger partial charge in [0.15, 0.2) is 0 Å². The van der Waals surface area contributed by atoms with Crippen LogP contribution in [0.25, 0.3) is 0 Å². The van der Waals surface area contributed by atoms with Gasteiger partial charge in [0.25, 0.3) is 0 Å². The molecule has 70 valence electrons. The molecule has 3 saturated heterocycles. The van der Waals surface area contributed by atoms with Gasteiger partial charge < -0.3 is 4.90 Å². The fourth-order valence-corrected chi connectivity index (χ4v) is 2.95. The first-order valence-corrected chi connectivity index (χ1v) is 5.26. The Morgan fingerprint density at radius 1 is 0.917 bits per heavy atom. The van der Waals surface area contributed by atoms with E-state index in [0.29, 0.717) is 10.8 Å². The molecule has 1 nitrogen and oxygen atoms in total. The number of piperidine rings is 3. The largest absolute Gasteiger partial charge is 0.303 e. The molecule has 0 amide bonds. The van der Waals surface area contributed by atoms with Crippen LogP contribution in [-0.4, -0.2) is 24.5 Å². The molecule has 0 N–H and O–H groups in total. The molecular weight excluding hydrogens is 146 g/mol. The van der Waals surface area contributed by atoms with Gasteiger partial charge >= 0.3 is 0 Å². The zero-order valence-corrected chi connectivity index (χ0v) is 8.69. The molecule has 3 heterocycles. The van der Waals surface area contributed by atoms with Crippen LogP contribution in [0.2, 0.25) is 0 Å². The lowest BCUT2D eigenvalue weighted by Crippen LogP contribution is -2.53. The Morgan fingerprint density at radius 2 is 1.33 bits per heavy atom. The summed E-state index contributed by atoms with van der Waals surface area (Å²) in [6.45, 7) is 11.3. The summed E-state index contributed by atoms with van der Waals surface area (Å²) < 4.78 is 0. The van der Waals surface area contributed by atoms with E-state index in [1.165, 1.54) is 38.9 Å². The smallest absolute Gasteiger partial charge is 0.00132 e. The summed E-state index contributed by atoms with van der Waals surface area (Å²) in [6.07, 6.45) is 4.32. The molecule has 3 aliphatic heterocycles. The highest BCUT2D eigenvalue weighted by Gasteiger charge is 2.46. The minimum Gasteiger partial charge on any atom is -0.303 e. The van der Waals surface area contributed by atoms with Crippen LogP contribution in [0.1, 0.15) is 40.0 Å². The third-order valence-electron chi connectivity index (χ3n) is 4.31. The van der Waals surface area contributed by atoms with Gasteiger partial charge in [0.1, 0.15) is 0 Å². The Hall–Kier alpha value is -0.0400. The van der Waals surface area contributed by atoms with E-state index in [1.54, 1.807) is 0 Å². The van der Waals surface area contributed by atoms with Crippen molar-refractivity contribution < 1.29 is 0 Å². The summed E-state index contributed by atoms with van der Waals surface area (Å²) in [5.74, 6) is 0. The summed E-state index contributed by atoms with van der Waals surface area (Å²) >= 11 is 0. The summed E-state index contributed by atoms with van der Waals surface area (Å²) in [7, 11) is 0. The lowest BCUT2D eigenvalue weighted by atomic mass is 9.58. The molecule has 0 aliphatic carbocycles. The lowest BCUT2D eigenvalue weighted by Gasteiger charge is -2.55. The Kier molecular flexibility index (Phi) is 1.76. The van der Waals surface area contributed by atoms with E-state index in [9.17, 15) is 0 Å². The van der Waals surface area contributed by atoms with Crippen molar-refractivity contribution in [2.45, 2.75) is 40.0 Å². The quantitative estimate of drug-likeness (QED) is 0.536. The number of fused-ring (bicyclic) bond motifs is 3. The van der Waals surface area contributed by atoms with E-state index in [4.69, 9.17) is 0 Å². The molecule has 12 heavy (non-hydrogen) atoms. The standard InChI is InChI=1S/C11H21N/c1-10(2,3)11-4-7-12(8-5-11)9-6-11/h4-9H2,1-3H3. The topological polar surface area (TPSA) is 3.24 Å². The molecule has 0 spiro atoms. The van der Waals surface area contributed by atoms with Crippen molar-refractivity contribution in [2.75, 3.05) is 19.6 Å². The van der Waals surface area contributed by atoms with Crippen LogP contribution in [0, 0.1) is 10.8 Å². The van der Waals surface area contributed by atoms with Crippen molar-refractivity contribution in [1.29, 1.82) is 0 Å². The molecule has 3 fully saturated rings. The first kappa shape index (κ1) is 8.55. The molecule has 0 aromatic rings. The maximum atomic E-state index is 2.62. The number of nitrogens with zero attached hydrogens (tertiary/aromatic N) is 1. The van der Waals surface area contributed by atoms with E-state index in [2.05, 4.69) is 25.7 Å². The second kappa shape index (κ2) is 2.47. The summed E-state index contributed by atoms with van der Waals surface area (Å²) in [4.78, 5) is 2.62. The molecule has 0 aromatic carbocycles. The SMILES string of the molecule is CC(C)(C)C12CCN(CC1)CC2. The Balaban J connectivity index is 2.19. The van der Waals surface area contributed by atoms with Crippen molar-refractivity contribution in [1.82, 2.24) is 4.90 Å². The lowest BCUT2D eigenvalue weighted by molar-refractivity contribution is -0.0524. The molecule has 0 aromatic heterocycles. The average molecular weight is 167 g/mol. The molecule has 0 saturated carbocycles. The van der Waals surface area contributed by atoms with Crippen LogP contribution in [0.15, 0.2) is 0 Å². The van der Waals surface area contributed by atoms with Gasteiger partial charge in [-0.15, -0.1) is 0 Å². The first-order chi connectivity index (χ1) is 5.54. The summed E-state index contributed by atoms with van der Waals surface area (Å²) in [5.41, 5.74) is 1.21. The van der Waals surface area contributed by atoms with E-state index in [1.807, 2.05) is 0 Å². The third kappa shape index (κ3) is 1.10. The third-order valence-corrected chi connectivity index (χ3v) is 4.31. The number of hydrogen-bond acceptors (Lipinski definition) is 1. The van der Waals surface area contributed by atoms with Crippen LogP contribution in [0.5, 0.6) is 0 Å². The highest BCUT2D eigenvalue weighted by Crippen LogP contribution is 2.52. The van der Waals surface area contributed by atoms with Crippen molar-refractivity contribution >= 4 is 0 Å². The van der Waals surface area contributed by atoms with Gasteiger partial charge in [0, 0.05) is 0 Å². The fourth-order valence-electron chi connectivity index (χ4n) is 2.95. The van der Waals surface area contributed by atoms with Gasteiger partial charge in [-0.3, -0.25) is 0 Å². The molecule has 1 heteroatoms. The molecule has 0 atom stereocenters. The van der Waals surface area contributed by atoms with Crippen LogP contribution in [-0.2, 0) is 0 Å². The predicted octanol–water partition coefficient (Wildman–Crippen LogP) is 2.52. The van der Waals surface area contributed by atoms with Gasteiger partial charge in [0.2, 0.25) is 0 Å². The number of hydrogen-bond donors (Lipinski definition) is 0. The van der Waals surface area contributed by atoms with Crippen molar-refractivity contribution in [3.05, 3.63) is 0 Å². The Labute approximate surface area is 76.1 Å². The van der Waals surface area contributed by atoms with E-state index < -0.39 is 0 Å². The van der Waals surface area contributed by atoms with E-state index in [0.717, 1.165) is 0 Å². The van der Waals surface area contributed by atoms with Gasteiger partial charge in [-0.2, -0.15) is 0 Å². The van der Waals surface area contributed by atoms with Gasteiger partial charge in [-0.05, 0) is 49.7 Å². The maximum Gasteiger partial charge on any atom is -0.00132 e. The molecular formula is C11H21N. The molecule has 3 rings (SSSR count). The van der Waals surface area contributed by atoms with Crippen LogP contribution in [0.3, 0.4) is 0 Å². The van der Waals surface area contributed by atoms with Crippen LogP contribution >= 0.6 is 0 Å². The van der Waals surface area contributed by atoms with Gasteiger partial charge in [0.05, 0.1) is 0 Å². The van der Waals surface area contributed by atoms with Crippen molar-refractivity contribution in [3.63, 3.8) is 0 Å². The average Bonchev–Trinajstić information content (AvgIpc) is 2.06. The van der Waals surface area contributed by atoms with E-state index in [-0.39, 0.29) is 0 Å². The zero-order chi connectivity index (χ0) is 8.82.